The minimum Gasteiger partial charge on any atom is -0.356 e. The molecule has 0 aromatic carbocycles. The van der Waals surface area contributed by atoms with Crippen LogP contribution in [0.5, 0.6) is 0 Å². The number of rotatable bonds is 8. The molecule has 2 aliphatic heterocycles. The number of hydrogen-bond donors (Lipinski definition) is 2. The van der Waals surface area contributed by atoms with Gasteiger partial charge in [-0.15, -0.1) is 0 Å². The maximum absolute atomic E-state index is 12.3. The molecule has 1 unspecified atom stereocenters. The van der Waals surface area contributed by atoms with E-state index in [2.05, 4.69) is 10.2 Å². The average Bonchev–Trinajstić information content (AvgIpc) is 3.11. The van der Waals surface area contributed by atoms with Crippen LogP contribution < -0.4 is 11.1 Å². The fraction of sp³-hybridized carbons (Fsp3) is 0.889. The van der Waals surface area contributed by atoms with E-state index in [1.807, 2.05) is 11.8 Å². The lowest BCUT2D eigenvalue weighted by Gasteiger charge is -2.33. The normalized spacial score (nSPS) is 21.0. The summed E-state index contributed by atoms with van der Waals surface area (Å²) in [5.41, 5.74) is 5.91. The molecule has 2 aliphatic rings. The summed E-state index contributed by atoms with van der Waals surface area (Å²) in [4.78, 5) is 28.8. The third-order valence-electron chi connectivity index (χ3n) is 5.24. The Bertz CT molecular complexity index is 402. The highest BCUT2D eigenvalue weighted by Gasteiger charge is 2.29. The van der Waals surface area contributed by atoms with Crippen molar-refractivity contribution in [2.45, 2.75) is 57.9 Å². The molecule has 0 saturated carbocycles. The number of carbonyl (C=O) groups excluding carboxylic acids is 2. The number of nitrogens with one attached hydrogen (secondary N) is 1. The number of likely N-dealkylation sites (tertiary alicyclic amines) is 2. The van der Waals surface area contributed by atoms with Gasteiger partial charge in [-0.25, -0.2) is 0 Å². The van der Waals surface area contributed by atoms with Crippen LogP contribution in [0.15, 0.2) is 0 Å². The molecular weight excluding hydrogens is 304 g/mol. The lowest BCUT2D eigenvalue weighted by atomic mass is 9.95. The first kappa shape index (κ1) is 19.2. The van der Waals surface area contributed by atoms with Crippen molar-refractivity contribution in [1.82, 2.24) is 15.1 Å². The number of hydrogen-bond acceptors (Lipinski definition) is 4. The topological polar surface area (TPSA) is 78.7 Å². The first-order valence-electron chi connectivity index (χ1n) is 9.66. The van der Waals surface area contributed by atoms with Gasteiger partial charge in [0.1, 0.15) is 0 Å². The van der Waals surface area contributed by atoms with Crippen LogP contribution in [0.3, 0.4) is 0 Å². The predicted molar refractivity (Wildman–Crippen MR) is 95.5 cm³/mol. The first-order chi connectivity index (χ1) is 11.6. The van der Waals surface area contributed by atoms with Crippen molar-refractivity contribution in [3.8, 4) is 0 Å². The van der Waals surface area contributed by atoms with E-state index in [0.717, 1.165) is 45.2 Å². The van der Waals surface area contributed by atoms with Gasteiger partial charge in [-0.05, 0) is 58.2 Å². The third kappa shape index (κ3) is 5.74. The highest BCUT2D eigenvalue weighted by Crippen LogP contribution is 2.18. The zero-order valence-corrected chi connectivity index (χ0v) is 15.1. The van der Waals surface area contributed by atoms with E-state index in [-0.39, 0.29) is 23.8 Å². The van der Waals surface area contributed by atoms with E-state index >= 15 is 0 Å². The van der Waals surface area contributed by atoms with E-state index in [1.165, 1.54) is 25.9 Å². The Hall–Kier alpha value is -1.14. The van der Waals surface area contributed by atoms with Gasteiger partial charge in [0.15, 0.2) is 0 Å². The summed E-state index contributed by atoms with van der Waals surface area (Å²) in [7, 11) is 0. The van der Waals surface area contributed by atoms with E-state index < -0.39 is 0 Å². The highest BCUT2D eigenvalue weighted by molar-refractivity contribution is 5.82. The average molecular weight is 338 g/mol. The predicted octanol–water partition coefficient (Wildman–Crippen LogP) is 0.955. The van der Waals surface area contributed by atoms with Crippen molar-refractivity contribution in [2.24, 2.45) is 11.7 Å². The van der Waals surface area contributed by atoms with Gasteiger partial charge in [-0.3, -0.25) is 9.59 Å². The number of carbonyl (C=O) groups is 2. The molecule has 2 amide bonds. The Morgan fingerprint density at radius 2 is 1.83 bits per heavy atom. The summed E-state index contributed by atoms with van der Waals surface area (Å²) in [5, 5.41) is 3.07. The zero-order chi connectivity index (χ0) is 17.4. The highest BCUT2D eigenvalue weighted by atomic mass is 16.2. The van der Waals surface area contributed by atoms with Crippen LogP contribution in [0, 0.1) is 5.92 Å². The SMILES string of the molecule is CCCC(N)C(=O)N1CCC(C(=O)NCCCN2CCCC2)CC1. The van der Waals surface area contributed by atoms with E-state index in [4.69, 9.17) is 5.73 Å². The van der Waals surface area contributed by atoms with Crippen molar-refractivity contribution < 1.29 is 9.59 Å². The molecule has 3 N–H and O–H groups in total. The molecule has 6 nitrogen and oxygen atoms in total. The van der Waals surface area contributed by atoms with Crippen LogP contribution >= 0.6 is 0 Å². The number of piperidine rings is 1. The summed E-state index contributed by atoms with van der Waals surface area (Å²) < 4.78 is 0. The second-order valence-corrected chi connectivity index (χ2v) is 7.19. The van der Waals surface area contributed by atoms with Crippen LogP contribution in [0.1, 0.15) is 51.9 Å². The molecule has 0 radical (unpaired) electrons. The van der Waals surface area contributed by atoms with Crippen molar-refractivity contribution in [2.75, 3.05) is 39.3 Å². The fourth-order valence-electron chi connectivity index (χ4n) is 3.70. The largest absolute Gasteiger partial charge is 0.356 e. The molecular formula is C18H34N4O2. The standard InChI is InChI=1S/C18H34N4O2/c1-2-6-16(19)18(24)22-13-7-15(8-14-22)17(23)20-9-5-12-21-10-3-4-11-21/h15-16H,2-14,19H2,1H3,(H,20,23). The summed E-state index contributed by atoms with van der Waals surface area (Å²) in [5.74, 6) is 0.242. The maximum Gasteiger partial charge on any atom is 0.239 e. The van der Waals surface area contributed by atoms with Gasteiger partial charge in [-0.2, -0.15) is 0 Å². The minimum atomic E-state index is -0.383. The van der Waals surface area contributed by atoms with Crippen LogP contribution in [-0.2, 0) is 9.59 Å². The van der Waals surface area contributed by atoms with E-state index in [0.29, 0.717) is 13.1 Å². The molecule has 2 saturated heterocycles. The number of nitrogens with zero attached hydrogens (tertiary/aromatic N) is 2. The third-order valence-corrected chi connectivity index (χ3v) is 5.24. The monoisotopic (exact) mass is 338 g/mol. The van der Waals surface area contributed by atoms with Gasteiger partial charge >= 0.3 is 0 Å². The zero-order valence-electron chi connectivity index (χ0n) is 15.1. The number of nitrogens with two attached hydrogens (primary N) is 1. The van der Waals surface area contributed by atoms with E-state index in [9.17, 15) is 9.59 Å². The second-order valence-electron chi connectivity index (χ2n) is 7.19. The van der Waals surface area contributed by atoms with Gasteiger partial charge in [0, 0.05) is 25.6 Å². The molecule has 0 aromatic rings. The smallest absolute Gasteiger partial charge is 0.239 e. The quantitative estimate of drug-likeness (QED) is 0.646. The maximum atomic E-state index is 12.3. The Kier molecular flexibility index (Phi) is 7.99. The molecule has 0 spiro atoms. The van der Waals surface area contributed by atoms with Crippen LogP contribution in [0.4, 0.5) is 0 Å². The summed E-state index contributed by atoms with van der Waals surface area (Å²) in [6.45, 7) is 7.61. The van der Waals surface area contributed by atoms with Crippen molar-refractivity contribution in [3.05, 3.63) is 0 Å². The first-order valence-corrected chi connectivity index (χ1v) is 9.66. The van der Waals surface area contributed by atoms with Gasteiger partial charge in [0.2, 0.25) is 11.8 Å². The van der Waals surface area contributed by atoms with Crippen molar-refractivity contribution in [1.29, 1.82) is 0 Å². The molecule has 2 rings (SSSR count). The minimum absolute atomic E-state index is 0.0429. The molecule has 24 heavy (non-hydrogen) atoms. The van der Waals surface area contributed by atoms with Crippen molar-refractivity contribution >= 4 is 11.8 Å². The summed E-state index contributed by atoms with van der Waals surface area (Å²) >= 11 is 0. The summed E-state index contributed by atoms with van der Waals surface area (Å²) in [6.07, 6.45) is 6.80. The summed E-state index contributed by atoms with van der Waals surface area (Å²) in [6, 6.07) is -0.383. The molecule has 2 fully saturated rings. The van der Waals surface area contributed by atoms with Crippen LogP contribution in [0.2, 0.25) is 0 Å². The lowest BCUT2D eigenvalue weighted by molar-refractivity contribution is -0.136. The second kappa shape index (κ2) is 9.99. The lowest BCUT2D eigenvalue weighted by Crippen LogP contribution is -2.49. The Labute approximate surface area is 146 Å². The fourth-order valence-corrected chi connectivity index (χ4v) is 3.70. The van der Waals surface area contributed by atoms with Crippen molar-refractivity contribution in [3.63, 3.8) is 0 Å². The Morgan fingerprint density at radius 3 is 2.46 bits per heavy atom. The molecule has 1 atom stereocenters. The molecule has 2 heterocycles. The molecule has 6 heteroatoms. The van der Waals surface area contributed by atoms with E-state index in [1.54, 1.807) is 0 Å². The van der Waals surface area contributed by atoms with Gasteiger partial charge in [-0.1, -0.05) is 13.3 Å². The van der Waals surface area contributed by atoms with Crippen LogP contribution in [0.25, 0.3) is 0 Å². The Morgan fingerprint density at radius 1 is 1.17 bits per heavy atom. The molecule has 0 aromatic heterocycles. The Balaban J connectivity index is 1.60. The van der Waals surface area contributed by atoms with Gasteiger partial charge in [0.25, 0.3) is 0 Å². The molecule has 0 bridgehead atoms. The molecule has 138 valence electrons. The van der Waals surface area contributed by atoms with Gasteiger partial charge < -0.3 is 20.9 Å². The van der Waals surface area contributed by atoms with Gasteiger partial charge in [0.05, 0.1) is 6.04 Å². The molecule has 0 aliphatic carbocycles. The van der Waals surface area contributed by atoms with Crippen LogP contribution in [-0.4, -0.2) is 66.9 Å². The number of amides is 2.